The highest BCUT2D eigenvalue weighted by Crippen LogP contribution is 2.16. The molecule has 7 heteroatoms. The summed E-state index contributed by atoms with van der Waals surface area (Å²) < 4.78 is 19.4. The lowest BCUT2D eigenvalue weighted by atomic mass is 10.1. The smallest absolute Gasteiger partial charge is 0.261 e. The van der Waals surface area contributed by atoms with Gasteiger partial charge in [0.05, 0.1) is 0 Å². The largest absolute Gasteiger partial charge is 0.484 e. The second kappa shape index (κ2) is 10.2. The van der Waals surface area contributed by atoms with Crippen molar-refractivity contribution in [2.45, 2.75) is 39.4 Å². The van der Waals surface area contributed by atoms with Crippen LogP contribution in [0.1, 0.15) is 26.3 Å². The van der Waals surface area contributed by atoms with E-state index < -0.39 is 6.04 Å². The van der Waals surface area contributed by atoms with Gasteiger partial charge < -0.3 is 15.0 Å². The second-order valence-electron chi connectivity index (χ2n) is 6.73. The zero-order valence-corrected chi connectivity index (χ0v) is 17.7. The SMILES string of the molecule is CC(C)NC(=O)[C@H](C)N(Cc1ccc(Br)cc1)C(=O)COc1ccc(F)cc1. The van der Waals surface area contributed by atoms with E-state index in [1.165, 1.54) is 29.2 Å². The maximum Gasteiger partial charge on any atom is 0.261 e. The van der Waals surface area contributed by atoms with E-state index in [0.29, 0.717) is 5.75 Å². The van der Waals surface area contributed by atoms with E-state index in [4.69, 9.17) is 4.74 Å². The minimum atomic E-state index is -0.671. The van der Waals surface area contributed by atoms with Crippen molar-refractivity contribution >= 4 is 27.7 Å². The lowest BCUT2D eigenvalue weighted by Gasteiger charge is -2.29. The molecule has 0 saturated heterocycles. The van der Waals surface area contributed by atoms with Crippen LogP contribution in [-0.2, 0) is 16.1 Å². The number of carbonyl (C=O) groups excluding carboxylic acids is 2. The van der Waals surface area contributed by atoms with E-state index in [2.05, 4.69) is 21.2 Å². The van der Waals surface area contributed by atoms with Crippen molar-refractivity contribution < 1.29 is 18.7 Å². The topological polar surface area (TPSA) is 58.6 Å². The molecule has 2 amide bonds. The molecular weight excluding hydrogens is 427 g/mol. The van der Waals surface area contributed by atoms with Crippen LogP contribution in [0.5, 0.6) is 5.75 Å². The van der Waals surface area contributed by atoms with E-state index >= 15 is 0 Å². The average molecular weight is 451 g/mol. The number of rotatable bonds is 8. The van der Waals surface area contributed by atoms with Crippen molar-refractivity contribution in [1.29, 1.82) is 0 Å². The van der Waals surface area contributed by atoms with E-state index in [-0.39, 0.29) is 36.8 Å². The molecule has 2 aromatic carbocycles. The normalized spacial score (nSPS) is 11.8. The first-order valence-corrected chi connectivity index (χ1v) is 9.78. The molecule has 2 rings (SSSR count). The molecule has 0 radical (unpaired) electrons. The molecule has 0 fully saturated rings. The lowest BCUT2D eigenvalue weighted by Crippen LogP contribution is -2.50. The summed E-state index contributed by atoms with van der Waals surface area (Å²) in [5, 5.41) is 2.83. The Morgan fingerprint density at radius 1 is 1.07 bits per heavy atom. The summed E-state index contributed by atoms with van der Waals surface area (Å²) in [6.07, 6.45) is 0. The Balaban J connectivity index is 2.12. The van der Waals surface area contributed by atoms with Crippen molar-refractivity contribution in [3.8, 4) is 5.75 Å². The number of hydrogen-bond donors (Lipinski definition) is 1. The number of benzene rings is 2. The van der Waals surface area contributed by atoms with Gasteiger partial charge in [-0.3, -0.25) is 9.59 Å². The lowest BCUT2D eigenvalue weighted by molar-refractivity contribution is -0.142. The Bertz CT molecular complexity index is 794. The molecule has 150 valence electrons. The molecule has 0 unspecified atom stereocenters. The van der Waals surface area contributed by atoms with Gasteiger partial charge in [0.15, 0.2) is 6.61 Å². The number of carbonyl (C=O) groups is 2. The third-order valence-corrected chi connectivity index (χ3v) is 4.57. The fraction of sp³-hybridized carbons (Fsp3) is 0.333. The Morgan fingerprint density at radius 3 is 2.25 bits per heavy atom. The summed E-state index contributed by atoms with van der Waals surface area (Å²) in [5.41, 5.74) is 0.891. The molecule has 0 heterocycles. The van der Waals surface area contributed by atoms with Crippen LogP contribution in [0.3, 0.4) is 0 Å². The van der Waals surface area contributed by atoms with Gasteiger partial charge in [-0.25, -0.2) is 4.39 Å². The molecule has 1 atom stereocenters. The minimum Gasteiger partial charge on any atom is -0.484 e. The van der Waals surface area contributed by atoms with Crippen molar-refractivity contribution in [3.63, 3.8) is 0 Å². The maximum absolute atomic E-state index is 13.0. The van der Waals surface area contributed by atoms with Crippen molar-refractivity contribution in [1.82, 2.24) is 10.2 Å². The van der Waals surface area contributed by atoms with Crippen molar-refractivity contribution in [2.75, 3.05) is 6.61 Å². The number of hydrogen-bond acceptors (Lipinski definition) is 3. The van der Waals surface area contributed by atoms with E-state index in [9.17, 15) is 14.0 Å². The first-order chi connectivity index (χ1) is 13.3. The Kier molecular flexibility index (Phi) is 7.99. The molecule has 5 nitrogen and oxygen atoms in total. The van der Waals surface area contributed by atoms with Gasteiger partial charge in [-0.15, -0.1) is 0 Å². The molecule has 0 saturated carbocycles. The van der Waals surface area contributed by atoms with Crippen LogP contribution in [0.15, 0.2) is 53.0 Å². The zero-order chi connectivity index (χ0) is 20.7. The van der Waals surface area contributed by atoms with Crippen LogP contribution < -0.4 is 10.1 Å². The van der Waals surface area contributed by atoms with Gasteiger partial charge in [0.2, 0.25) is 5.91 Å². The van der Waals surface area contributed by atoms with Crippen LogP contribution in [0.25, 0.3) is 0 Å². The predicted octanol–water partition coefficient (Wildman–Crippen LogP) is 3.91. The molecular formula is C21H24BrFN2O3. The Morgan fingerprint density at radius 2 is 1.68 bits per heavy atom. The van der Waals surface area contributed by atoms with Crippen molar-refractivity contribution in [2.24, 2.45) is 0 Å². The second-order valence-corrected chi connectivity index (χ2v) is 7.65. The molecule has 0 aromatic heterocycles. The van der Waals surface area contributed by atoms with Gasteiger partial charge in [0.1, 0.15) is 17.6 Å². The molecule has 1 N–H and O–H groups in total. The number of ether oxygens (including phenoxy) is 1. The summed E-state index contributed by atoms with van der Waals surface area (Å²) in [7, 11) is 0. The van der Waals surface area contributed by atoms with Gasteiger partial charge in [0, 0.05) is 17.1 Å². The predicted molar refractivity (Wildman–Crippen MR) is 109 cm³/mol. The van der Waals surface area contributed by atoms with Crippen LogP contribution in [0.2, 0.25) is 0 Å². The molecule has 0 bridgehead atoms. The average Bonchev–Trinajstić information content (AvgIpc) is 2.65. The fourth-order valence-electron chi connectivity index (χ4n) is 2.53. The van der Waals surface area contributed by atoms with Crippen molar-refractivity contribution in [3.05, 3.63) is 64.4 Å². The van der Waals surface area contributed by atoms with Crippen LogP contribution in [0.4, 0.5) is 4.39 Å². The van der Waals surface area contributed by atoms with Crippen LogP contribution in [0, 0.1) is 5.82 Å². The number of nitrogens with zero attached hydrogens (tertiary/aromatic N) is 1. The van der Waals surface area contributed by atoms with Gasteiger partial charge in [0.25, 0.3) is 5.91 Å². The number of nitrogens with one attached hydrogen (secondary N) is 1. The van der Waals surface area contributed by atoms with Gasteiger partial charge in [-0.2, -0.15) is 0 Å². The van der Waals surface area contributed by atoms with E-state index in [1.54, 1.807) is 6.92 Å². The third-order valence-electron chi connectivity index (χ3n) is 4.04. The molecule has 0 aliphatic rings. The monoisotopic (exact) mass is 450 g/mol. The molecule has 28 heavy (non-hydrogen) atoms. The standard InChI is InChI=1S/C21H24BrFN2O3/c1-14(2)24-21(27)15(3)25(12-16-4-6-17(22)7-5-16)20(26)13-28-19-10-8-18(23)9-11-19/h4-11,14-15H,12-13H2,1-3H3,(H,24,27)/t15-/m0/s1. The fourth-order valence-corrected chi connectivity index (χ4v) is 2.80. The summed E-state index contributed by atoms with van der Waals surface area (Å²) in [4.78, 5) is 26.8. The van der Waals surface area contributed by atoms with E-state index in [1.807, 2.05) is 38.1 Å². The number of amides is 2. The Hall–Kier alpha value is -2.41. The quantitative estimate of drug-likeness (QED) is 0.662. The highest BCUT2D eigenvalue weighted by Gasteiger charge is 2.26. The van der Waals surface area contributed by atoms with Crippen LogP contribution in [-0.4, -0.2) is 35.4 Å². The summed E-state index contributed by atoms with van der Waals surface area (Å²) in [6.45, 7) is 5.44. The first-order valence-electron chi connectivity index (χ1n) is 8.99. The molecule has 0 aliphatic heterocycles. The van der Waals surface area contributed by atoms with Gasteiger partial charge in [-0.1, -0.05) is 28.1 Å². The first kappa shape index (κ1) is 21.9. The number of halogens is 2. The highest BCUT2D eigenvalue weighted by molar-refractivity contribution is 9.10. The van der Waals surface area contributed by atoms with Gasteiger partial charge in [-0.05, 0) is 62.7 Å². The maximum atomic E-state index is 13.0. The summed E-state index contributed by atoms with van der Waals surface area (Å²) in [6, 6.07) is 12.3. The van der Waals surface area contributed by atoms with Crippen LogP contribution >= 0.6 is 15.9 Å². The summed E-state index contributed by atoms with van der Waals surface area (Å²) >= 11 is 3.38. The highest BCUT2D eigenvalue weighted by atomic mass is 79.9. The third kappa shape index (κ3) is 6.64. The molecule has 2 aromatic rings. The zero-order valence-electron chi connectivity index (χ0n) is 16.1. The molecule has 0 spiro atoms. The van der Waals surface area contributed by atoms with Gasteiger partial charge >= 0.3 is 0 Å². The molecule has 0 aliphatic carbocycles. The minimum absolute atomic E-state index is 0.0324. The van der Waals surface area contributed by atoms with E-state index in [0.717, 1.165) is 10.0 Å². The Labute approximate surface area is 173 Å². The summed E-state index contributed by atoms with van der Waals surface area (Å²) in [5.74, 6) is -0.562.